The third-order valence-corrected chi connectivity index (χ3v) is 4.50. The molecule has 2 aliphatic rings. The van der Waals surface area contributed by atoms with Crippen LogP contribution in [0.25, 0.3) is 0 Å². The van der Waals surface area contributed by atoms with Gasteiger partial charge in [0.1, 0.15) is 0 Å². The summed E-state index contributed by atoms with van der Waals surface area (Å²) in [6, 6.07) is 0. The third kappa shape index (κ3) is 3.03. The van der Waals surface area contributed by atoms with E-state index in [-0.39, 0.29) is 18.3 Å². The average molecular weight is 253 g/mol. The molecule has 1 heterocycles. The fraction of sp³-hybridized carbons (Fsp3) is 0.857. The lowest BCUT2D eigenvalue weighted by Gasteiger charge is -2.35. The van der Waals surface area contributed by atoms with E-state index in [1.165, 1.54) is 0 Å². The minimum Gasteiger partial charge on any atom is -0.481 e. The van der Waals surface area contributed by atoms with Crippen LogP contribution in [0.4, 0.5) is 0 Å². The van der Waals surface area contributed by atoms with Gasteiger partial charge in [-0.2, -0.15) is 0 Å². The highest BCUT2D eigenvalue weighted by Gasteiger charge is 2.42. The number of carbonyl (C=O) groups excluding carboxylic acids is 1. The first-order valence-electron chi connectivity index (χ1n) is 6.99. The van der Waals surface area contributed by atoms with Crippen molar-refractivity contribution in [2.24, 2.45) is 23.7 Å². The van der Waals surface area contributed by atoms with E-state index < -0.39 is 5.97 Å². The second kappa shape index (κ2) is 5.29. The summed E-state index contributed by atoms with van der Waals surface area (Å²) in [5, 5.41) is 8.84. The molecule has 4 atom stereocenters. The average Bonchev–Trinajstić information content (AvgIpc) is 3.05. The minimum atomic E-state index is -0.734. The van der Waals surface area contributed by atoms with Crippen molar-refractivity contribution in [2.45, 2.75) is 39.5 Å². The molecule has 4 nitrogen and oxygen atoms in total. The Morgan fingerprint density at radius 1 is 1.44 bits per heavy atom. The van der Waals surface area contributed by atoms with Gasteiger partial charge in [-0.3, -0.25) is 9.59 Å². The highest BCUT2D eigenvalue weighted by Crippen LogP contribution is 2.40. The quantitative estimate of drug-likeness (QED) is 0.833. The lowest BCUT2D eigenvalue weighted by atomic mass is 9.84. The molecular weight excluding hydrogens is 230 g/mol. The number of hydrogen-bond acceptors (Lipinski definition) is 2. The first kappa shape index (κ1) is 13.4. The summed E-state index contributed by atoms with van der Waals surface area (Å²) < 4.78 is 0. The molecular formula is C14H23NO3. The van der Waals surface area contributed by atoms with Crippen LogP contribution in [0, 0.1) is 23.7 Å². The van der Waals surface area contributed by atoms with Gasteiger partial charge in [0.25, 0.3) is 0 Å². The monoisotopic (exact) mass is 253 g/mol. The summed E-state index contributed by atoms with van der Waals surface area (Å²) in [5.74, 6) is 0.881. The molecule has 0 bridgehead atoms. The van der Waals surface area contributed by atoms with Gasteiger partial charge in [-0.15, -0.1) is 0 Å². The summed E-state index contributed by atoms with van der Waals surface area (Å²) in [5.41, 5.74) is 0. The van der Waals surface area contributed by atoms with Crippen molar-refractivity contribution < 1.29 is 14.7 Å². The largest absolute Gasteiger partial charge is 0.481 e. The Hall–Kier alpha value is -1.06. The van der Waals surface area contributed by atoms with Crippen LogP contribution in [0.5, 0.6) is 0 Å². The summed E-state index contributed by atoms with van der Waals surface area (Å²) in [6.45, 7) is 5.73. The Bertz CT molecular complexity index is 342. The smallest absolute Gasteiger partial charge is 0.303 e. The standard InChI is InChI=1S/C14H23NO3/c1-9(7-13(16)17)11-4-3-5-15(8-11)14(18)12-6-10(12)2/h9-12H,3-8H2,1-2H3,(H,16,17). The lowest BCUT2D eigenvalue weighted by molar-refractivity contribution is -0.138. The maximum absolute atomic E-state index is 12.2. The minimum absolute atomic E-state index is 0.162. The van der Waals surface area contributed by atoms with Gasteiger partial charge >= 0.3 is 5.97 Å². The topological polar surface area (TPSA) is 57.6 Å². The molecule has 1 N–H and O–H groups in total. The molecule has 1 aliphatic carbocycles. The molecule has 0 radical (unpaired) electrons. The normalized spacial score (nSPS) is 33.0. The van der Waals surface area contributed by atoms with Crippen LogP contribution in [0.2, 0.25) is 0 Å². The summed E-state index contributed by atoms with van der Waals surface area (Å²) >= 11 is 0. The molecule has 2 rings (SSSR count). The van der Waals surface area contributed by atoms with Crippen molar-refractivity contribution in [3.63, 3.8) is 0 Å². The molecule has 1 aliphatic heterocycles. The predicted molar refractivity (Wildman–Crippen MR) is 68.0 cm³/mol. The zero-order valence-corrected chi connectivity index (χ0v) is 11.3. The number of carboxylic acids is 1. The number of aliphatic carboxylic acids is 1. The highest BCUT2D eigenvalue weighted by atomic mass is 16.4. The molecule has 0 aromatic rings. The molecule has 102 valence electrons. The molecule has 2 fully saturated rings. The molecule has 1 saturated heterocycles. The van der Waals surface area contributed by atoms with Crippen LogP contribution in [-0.2, 0) is 9.59 Å². The van der Waals surface area contributed by atoms with Crippen molar-refractivity contribution in [3.8, 4) is 0 Å². The molecule has 4 heteroatoms. The summed E-state index contributed by atoms with van der Waals surface area (Å²) in [7, 11) is 0. The van der Waals surface area contributed by atoms with Gasteiger partial charge in [0.2, 0.25) is 5.91 Å². The number of likely N-dealkylation sites (tertiary alicyclic amines) is 1. The Morgan fingerprint density at radius 3 is 2.67 bits per heavy atom. The van der Waals surface area contributed by atoms with Crippen molar-refractivity contribution in [3.05, 3.63) is 0 Å². The molecule has 18 heavy (non-hydrogen) atoms. The SMILES string of the molecule is CC(CC(=O)O)C1CCCN(C(=O)C2CC2C)C1. The third-order valence-electron chi connectivity index (χ3n) is 4.50. The van der Waals surface area contributed by atoms with E-state index in [1.54, 1.807) is 0 Å². The zero-order valence-electron chi connectivity index (χ0n) is 11.3. The molecule has 0 aromatic carbocycles. The number of nitrogens with zero attached hydrogens (tertiary/aromatic N) is 1. The van der Waals surface area contributed by atoms with Crippen molar-refractivity contribution >= 4 is 11.9 Å². The Kier molecular flexibility index (Phi) is 3.93. The predicted octanol–water partition coefficient (Wildman–Crippen LogP) is 1.99. The number of piperidine rings is 1. The second-order valence-corrected chi connectivity index (χ2v) is 6.08. The molecule has 4 unspecified atom stereocenters. The Morgan fingerprint density at radius 2 is 2.11 bits per heavy atom. The zero-order chi connectivity index (χ0) is 13.3. The second-order valence-electron chi connectivity index (χ2n) is 6.08. The maximum Gasteiger partial charge on any atom is 0.303 e. The van der Waals surface area contributed by atoms with Gasteiger partial charge in [0.05, 0.1) is 0 Å². The van der Waals surface area contributed by atoms with E-state index in [0.717, 1.165) is 32.4 Å². The van der Waals surface area contributed by atoms with Gasteiger partial charge < -0.3 is 10.0 Å². The number of amides is 1. The van der Waals surface area contributed by atoms with Crippen LogP contribution in [-0.4, -0.2) is 35.0 Å². The maximum atomic E-state index is 12.2. The highest BCUT2D eigenvalue weighted by molar-refractivity contribution is 5.81. The first-order valence-corrected chi connectivity index (χ1v) is 6.99. The Balaban J connectivity index is 1.87. The van der Waals surface area contributed by atoms with E-state index >= 15 is 0 Å². The van der Waals surface area contributed by atoms with Crippen molar-refractivity contribution in [1.29, 1.82) is 0 Å². The van der Waals surface area contributed by atoms with E-state index in [4.69, 9.17) is 5.11 Å². The van der Waals surface area contributed by atoms with Crippen LogP contribution in [0.1, 0.15) is 39.5 Å². The Labute approximate surface area is 108 Å². The summed E-state index contributed by atoms with van der Waals surface area (Å²) in [4.78, 5) is 24.9. The van der Waals surface area contributed by atoms with E-state index in [0.29, 0.717) is 17.7 Å². The summed E-state index contributed by atoms with van der Waals surface area (Å²) in [6.07, 6.45) is 3.32. The fourth-order valence-electron chi connectivity index (χ4n) is 3.02. The lowest BCUT2D eigenvalue weighted by Crippen LogP contribution is -2.42. The van der Waals surface area contributed by atoms with Gasteiger partial charge in [0.15, 0.2) is 0 Å². The van der Waals surface area contributed by atoms with Gasteiger partial charge in [0, 0.05) is 25.4 Å². The van der Waals surface area contributed by atoms with Crippen LogP contribution in [0.15, 0.2) is 0 Å². The van der Waals surface area contributed by atoms with Crippen LogP contribution >= 0.6 is 0 Å². The van der Waals surface area contributed by atoms with E-state index in [9.17, 15) is 9.59 Å². The fourth-order valence-corrected chi connectivity index (χ4v) is 3.02. The van der Waals surface area contributed by atoms with Gasteiger partial charge in [-0.1, -0.05) is 13.8 Å². The molecule has 1 amide bonds. The van der Waals surface area contributed by atoms with Gasteiger partial charge in [-0.25, -0.2) is 0 Å². The number of carboxylic acid groups (broad SMARTS) is 1. The molecule has 1 saturated carbocycles. The number of hydrogen-bond donors (Lipinski definition) is 1. The number of rotatable bonds is 4. The van der Waals surface area contributed by atoms with E-state index in [2.05, 4.69) is 6.92 Å². The van der Waals surface area contributed by atoms with Crippen molar-refractivity contribution in [2.75, 3.05) is 13.1 Å². The van der Waals surface area contributed by atoms with Gasteiger partial charge in [-0.05, 0) is 37.0 Å². The number of carbonyl (C=O) groups is 2. The van der Waals surface area contributed by atoms with Crippen LogP contribution < -0.4 is 0 Å². The first-order chi connectivity index (χ1) is 8.49. The molecule has 0 aromatic heterocycles. The molecule has 0 spiro atoms. The van der Waals surface area contributed by atoms with Crippen molar-refractivity contribution in [1.82, 2.24) is 4.90 Å². The van der Waals surface area contributed by atoms with Crippen LogP contribution in [0.3, 0.4) is 0 Å². The van der Waals surface area contributed by atoms with E-state index in [1.807, 2.05) is 11.8 Å².